The molecule has 3 aromatic carbocycles. The largest absolute Gasteiger partial charge is 0.462 e. The fourth-order valence-corrected chi connectivity index (χ4v) is 5.00. The third kappa shape index (κ3) is 7.56. The van der Waals surface area contributed by atoms with Gasteiger partial charge in [0.1, 0.15) is 13.2 Å². The van der Waals surface area contributed by atoms with Gasteiger partial charge in [-0.2, -0.15) is 0 Å². The molecule has 210 valence electrons. The molecule has 1 fully saturated rings. The van der Waals surface area contributed by atoms with Crippen LogP contribution in [0.1, 0.15) is 50.2 Å². The van der Waals surface area contributed by atoms with Gasteiger partial charge in [-0.15, -0.1) is 0 Å². The third-order valence-electron chi connectivity index (χ3n) is 7.04. The number of likely N-dealkylation sites (N-methyl/N-ethyl adjacent to an activating group) is 1. The Hall–Kier alpha value is -3.53. The Morgan fingerprint density at radius 3 is 2.27 bits per heavy atom. The standard InChI is InChI=1S/C31H34BrN3O5/c1-21(23-9-6-10-24(17-23)29(36)22-7-4-3-5-8-22)30(37)39-15-16-40-31(38)25-18-26(28(33)27(32)19-25)20-35-13-11-34(2)12-14-35/h3-10,17-19,21H,11-16,20,33H2,1-2H3. The molecule has 1 saturated heterocycles. The molecule has 0 amide bonds. The van der Waals surface area contributed by atoms with Gasteiger partial charge in [0.15, 0.2) is 5.78 Å². The van der Waals surface area contributed by atoms with Crippen molar-refractivity contribution in [2.75, 3.05) is 52.2 Å². The number of benzene rings is 3. The number of hydrogen-bond donors (Lipinski definition) is 1. The van der Waals surface area contributed by atoms with Crippen LogP contribution in [0.4, 0.5) is 5.69 Å². The van der Waals surface area contributed by atoms with Crippen molar-refractivity contribution in [2.45, 2.75) is 19.4 Å². The van der Waals surface area contributed by atoms with E-state index in [0.29, 0.717) is 39.0 Å². The Morgan fingerprint density at radius 1 is 0.875 bits per heavy atom. The van der Waals surface area contributed by atoms with Crippen LogP contribution in [0.15, 0.2) is 71.2 Å². The summed E-state index contributed by atoms with van der Waals surface area (Å²) in [6.07, 6.45) is 0. The van der Waals surface area contributed by atoms with Crippen LogP contribution >= 0.6 is 15.9 Å². The van der Waals surface area contributed by atoms with Gasteiger partial charge in [0.25, 0.3) is 0 Å². The van der Waals surface area contributed by atoms with Gasteiger partial charge in [0, 0.05) is 48.3 Å². The summed E-state index contributed by atoms with van der Waals surface area (Å²) < 4.78 is 11.4. The molecule has 1 aliphatic rings. The van der Waals surface area contributed by atoms with Crippen LogP contribution in [0.3, 0.4) is 0 Å². The molecular formula is C31H34BrN3O5. The fourth-order valence-electron chi connectivity index (χ4n) is 4.50. The Bertz CT molecular complexity index is 1360. The van der Waals surface area contributed by atoms with E-state index < -0.39 is 17.9 Å². The van der Waals surface area contributed by atoms with E-state index in [-0.39, 0.29) is 19.0 Å². The predicted molar refractivity (Wildman–Crippen MR) is 157 cm³/mol. The van der Waals surface area contributed by atoms with Crippen molar-refractivity contribution in [1.82, 2.24) is 9.80 Å². The molecule has 1 atom stereocenters. The number of esters is 2. The number of halogens is 1. The lowest BCUT2D eigenvalue weighted by Gasteiger charge is -2.32. The molecule has 40 heavy (non-hydrogen) atoms. The average Bonchev–Trinajstić information content (AvgIpc) is 2.98. The minimum absolute atomic E-state index is 0.0815. The molecule has 0 aromatic heterocycles. The molecule has 1 unspecified atom stereocenters. The van der Waals surface area contributed by atoms with Gasteiger partial charge >= 0.3 is 11.9 Å². The number of nitrogen functional groups attached to an aromatic ring is 1. The second-order valence-corrected chi connectivity index (χ2v) is 10.8. The maximum Gasteiger partial charge on any atom is 0.338 e. The van der Waals surface area contributed by atoms with Crippen LogP contribution in [-0.4, -0.2) is 74.0 Å². The topological polar surface area (TPSA) is 102 Å². The second-order valence-electron chi connectivity index (χ2n) is 9.96. The number of carbonyl (C=O) groups is 3. The van der Waals surface area contributed by atoms with Crippen LogP contribution in [0.2, 0.25) is 0 Å². The lowest BCUT2D eigenvalue weighted by molar-refractivity contribution is -0.146. The Labute approximate surface area is 243 Å². The summed E-state index contributed by atoms with van der Waals surface area (Å²) in [5.74, 6) is -1.69. The first-order valence-corrected chi connectivity index (χ1v) is 14.0. The number of hydrogen-bond acceptors (Lipinski definition) is 8. The van der Waals surface area contributed by atoms with Gasteiger partial charge in [-0.1, -0.05) is 48.5 Å². The number of carbonyl (C=O) groups excluding carboxylic acids is 3. The zero-order valence-corrected chi connectivity index (χ0v) is 24.4. The van der Waals surface area contributed by atoms with Gasteiger partial charge in [-0.3, -0.25) is 14.5 Å². The van der Waals surface area contributed by atoms with E-state index in [1.54, 1.807) is 55.5 Å². The van der Waals surface area contributed by atoms with Gasteiger partial charge < -0.3 is 20.1 Å². The van der Waals surface area contributed by atoms with E-state index in [4.69, 9.17) is 15.2 Å². The van der Waals surface area contributed by atoms with Crippen molar-refractivity contribution >= 4 is 39.3 Å². The molecule has 0 saturated carbocycles. The Balaban J connectivity index is 1.29. The molecule has 0 bridgehead atoms. The molecule has 9 heteroatoms. The lowest BCUT2D eigenvalue weighted by atomic mass is 9.96. The third-order valence-corrected chi connectivity index (χ3v) is 7.70. The van der Waals surface area contributed by atoms with E-state index in [2.05, 4.69) is 32.8 Å². The summed E-state index contributed by atoms with van der Waals surface area (Å²) >= 11 is 3.46. The van der Waals surface area contributed by atoms with Crippen molar-refractivity contribution in [2.24, 2.45) is 0 Å². The summed E-state index contributed by atoms with van der Waals surface area (Å²) in [6, 6.07) is 19.4. The minimum Gasteiger partial charge on any atom is -0.462 e. The smallest absolute Gasteiger partial charge is 0.338 e. The van der Waals surface area contributed by atoms with Gasteiger partial charge in [-0.25, -0.2) is 4.79 Å². The van der Waals surface area contributed by atoms with Crippen molar-refractivity contribution in [3.63, 3.8) is 0 Å². The molecule has 2 N–H and O–H groups in total. The molecule has 1 heterocycles. The highest BCUT2D eigenvalue weighted by Gasteiger charge is 2.20. The number of rotatable bonds is 10. The van der Waals surface area contributed by atoms with Crippen LogP contribution in [0.25, 0.3) is 0 Å². The first-order chi connectivity index (χ1) is 19.2. The monoisotopic (exact) mass is 607 g/mol. The summed E-state index contributed by atoms with van der Waals surface area (Å²) in [7, 11) is 2.10. The highest BCUT2D eigenvalue weighted by Crippen LogP contribution is 2.27. The van der Waals surface area contributed by atoms with Gasteiger partial charge in [-0.05, 0) is 59.2 Å². The summed E-state index contributed by atoms with van der Waals surface area (Å²) in [5.41, 5.74) is 9.86. The highest BCUT2D eigenvalue weighted by molar-refractivity contribution is 9.10. The van der Waals surface area contributed by atoms with Gasteiger partial charge in [0.05, 0.1) is 17.2 Å². The van der Waals surface area contributed by atoms with Gasteiger partial charge in [0.2, 0.25) is 0 Å². The molecular weight excluding hydrogens is 574 g/mol. The van der Waals surface area contributed by atoms with Crippen LogP contribution in [0.5, 0.6) is 0 Å². The van der Waals surface area contributed by atoms with Crippen molar-refractivity contribution in [3.8, 4) is 0 Å². The number of piperazine rings is 1. The number of ketones is 1. The average molecular weight is 609 g/mol. The Morgan fingerprint density at radius 2 is 1.55 bits per heavy atom. The van der Waals surface area contributed by atoms with Crippen molar-refractivity contribution < 1.29 is 23.9 Å². The normalized spacial score (nSPS) is 14.9. The highest BCUT2D eigenvalue weighted by atomic mass is 79.9. The molecule has 4 rings (SSSR count). The number of anilines is 1. The van der Waals surface area contributed by atoms with Crippen LogP contribution in [0, 0.1) is 0 Å². The van der Waals surface area contributed by atoms with Crippen molar-refractivity contribution in [1.29, 1.82) is 0 Å². The second kappa shape index (κ2) is 13.7. The molecule has 1 aliphatic heterocycles. The van der Waals surface area contributed by atoms with Crippen molar-refractivity contribution in [3.05, 3.63) is 99.0 Å². The zero-order valence-electron chi connectivity index (χ0n) is 22.8. The predicted octanol–water partition coefficient (Wildman–Crippen LogP) is 4.51. The SMILES string of the molecule is CC(C(=O)OCCOC(=O)c1cc(Br)c(N)c(CN2CCN(C)CC2)c1)c1cccc(C(=O)c2ccccc2)c1. The maximum atomic E-state index is 12.8. The number of ether oxygens (including phenoxy) is 2. The summed E-state index contributed by atoms with van der Waals surface area (Å²) in [6.45, 7) is 6.02. The molecule has 3 aromatic rings. The minimum atomic E-state index is -0.593. The first kappa shape index (κ1) is 29.5. The molecule has 8 nitrogen and oxygen atoms in total. The molecule has 0 radical (unpaired) electrons. The summed E-state index contributed by atoms with van der Waals surface area (Å²) in [4.78, 5) is 42.8. The number of nitrogens with zero attached hydrogens (tertiary/aromatic N) is 2. The fraction of sp³-hybridized carbons (Fsp3) is 0.323. The zero-order chi connectivity index (χ0) is 28.6. The maximum absolute atomic E-state index is 12.8. The number of nitrogens with two attached hydrogens (primary N) is 1. The lowest BCUT2D eigenvalue weighted by Crippen LogP contribution is -2.44. The van der Waals surface area contributed by atoms with E-state index in [1.165, 1.54) is 0 Å². The molecule has 0 spiro atoms. The summed E-state index contributed by atoms with van der Waals surface area (Å²) in [5, 5.41) is 0. The van der Waals surface area contributed by atoms with E-state index >= 15 is 0 Å². The van der Waals surface area contributed by atoms with E-state index in [9.17, 15) is 14.4 Å². The van der Waals surface area contributed by atoms with Crippen LogP contribution in [-0.2, 0) is 20.8 Å². The quantitative estimate of drug-likeness (QED) is 0.155. The first-order valence-electron chi connectivity index (χ1n) is 13.2. The Kier molecular flexibility index (Phi) is 10.1. The van der Waals surface area contributed by atoms with E-state index in [0.717, 1.165) is 31.7 Å². The van der Waals surface area contributed by atoms with Crippen LogP contribution < -0.4 is 5.73 Å². The van der Waals surface area contributed by atoms with E-state index in [1.807, 2.05) is 18.2 Å². The molecule has 0 aliphatic carbocycles.